The van der Waals surface area contributed by atoms with Crippen LogP contribution in [0.25, 0.3) is 0 Å². The van der Waals surface area contributed by atoms with Gasteiger partial charge in [-0.3, -0.25) is 4.79 Å². The normalized spacial score (nSPS) is 21.2. The van der Waals surface area contributed by atoms with Gasteiger partial charge in [-0.2, -0.15) is 0 Å². The average Bonchev–Trinajstić information content (AvgIpc) is 2.55. The zero-order valence-electron chi connectivity index (χ0n) is 12.5. The fourth-order valence-electron chi connectivity index (χ4n) is 2.87. The molecule has 1 aliphatic carbocycles. The monoisotopic (exact) mass is 258 g/mol. The van der Waals surface area contributed by atoms with Crippen molar-refractivity contribution >= 4 is 5.78 Å². The molecule has 1 fully saturated rings. The van der Waals surface area contributed by atoms with Crippen molar-refractivity contribution in [3.05, 3.63) is 35.4 Å². The Kier molecular flexibility index (Phi) is 4.44. The predicted octanol–water partition coefficient (Wildman–Crippen LogP) is 4.68. The number of ketones is 1. The highest BCUT2D eigenvalue weighted by atomic mass is 16.1. The molecule has 1 unspecified atom stereocenters. The molecule has 1 aromatic carbocycles. The molecule has 0 amide bonds. The third-order valence-electron chi connectivity index (χ3n) is 4.23. The number of Topliss-reactive ketones (excluding diaryl/α,β-unsaturated/α-hetero) is 1. The van der Waals surface area contributed by atoms with Crippen molar-refractivity contribution < 1.29 is 4.79 Å². The van der Waals surface area contributed by atoms with Crippen LogP contribution in [0, 0.1) is 5.92 Å². The summed E-state index contributed by atoms with van der Waals surface area (Å²) >= 11 is 0. The summed E-state index contributed by atoms with van der Waals surface area (Å²) < 4.78 is 0. The van der Waals surface area contributed by atoms with Crippen LogP contribution < -0.4 is 0 Å². The third-order valence-corrected chi connectivity index (χ3v) is 4.23. The Hall–Kier alpha value is -1.11. The van der Waals surface area contributed by atoms with Gasteiger partial charge in [0.1, 0.15) is 5.78 Å². The largest absolute Gasteiger partial charge is 0.299 e. The molecular weight excluding hydrogens is 232 g/mol. The first-order chi connectivity index (χ1) is 8.97. The van der Waals surface area contributed by atoms with Gasteiger partial charge >= 0.3 is 0 Å². The van der Waals surface area contributed by atoms with E-state index in [9.17, 15) is 4.79 Å². The van der Waals surface area contributed by atoms with Crippen LogP contribution in [0.5, 0.6) is 0 Å². The smallest absolute Gasteiger partial charge is 0.136 e. The van der Waals surface area contributed by atoms with Crippen LogP contribution in [-0.4, -0.2) is 5.78 Å². The summed E-state index contributed by atoms with van der Waals surface area (Å²) in [4.78, 5) is 12.0. The van der Waals surface area contributed by atoms with E-state index in [0.29, 0.717) is 5.78 Å². The van der Waals surface area contributed by atoms with Crippen molar-refractivity contribution in [2.75, 3.05) is 0 Å². The maximum absolute atomic E-state index is 12.0. The van der Waals surface area contributed by atoms with E-state index in [0.717, 1.165) is 25.7 Å². The standard InChI is InChI=1S/C18H26O/c1-18(2,3)16-11-9-14(10-12-16)13-15-7-5-4-6-8-17(15)19/h9-12,15H,4-8,13H2,1-3H3. The lowest BCUT2D eigenvalue weighted by molar-refractivity contribution is -0.122. The molecule has 1 saturated carbocycles. The van der Waals surface area contributed by atoms with E-state index in [1.807, 2.05) is 0 Å². The maximum atomic E-state index is 12.0. The second-order valence-electron chi connectivity index (χ2n) is 6.91. The Bertz CT molecular complexity index is 422. The first-order valence-electron chi connectivity index (χ1n) is 7.59. The Morgan fingerprint density at radius 2 is 1.74 bits per heavy atom. The number of hydrogen-bond donors (Lipinski definition) is 0. The fraction of sp³-hybridized carbons (Fsp3) is 0.611. The highest BCUT2D eigenvalue weighted by Gasteiger charge is 2.21. The SMILES string of the molecule is CC(C)(C)c1ccc(CC2CCCCCC2=O)cc1. The van der Waals surface area contributed by atoms with Crippen LogP contribution in [0.3, 0.4) is 0 Å². The lowest BCUT2D eigenvalue weighted by Crippen LogP contribution is -2.15. The van der Waals surface area contributed by atoms with Crippen molar-refractivity contribution in [2.45, 2.75) is 64.7 Å². The van der Waals surface area contributed by atoms with Crippen LogP contribution in [0.2, 0.25) is 0 Å². The van der Waals surface area contributed by atoms with E-state index in [4.69, 9.17) is 0 Å². The van der Waals surface area contributed by atoms with Crippen LogP contribution in [0.4, 0.5) is 0 Å². The summed E-state index contributed by atoms with van der Waals surface area (Å²) in [6, 6.07) is 8.85. The third kappa shape index (κ3) is 3.92. The van der Waals surface area contributed by atoms with Crippen LogP contribution >= 0.6 is 0 Å². The topological polar surface area (TPSA) is 17.1 Å². The molecule has 0 N–H and O–H groups in total. The van der Waals surface area contributed by atoms with Crippen molar-refractivity contribution in [2.24, 2.45) is 5.92 Å². The van der Waals surface area contributed by atoms with Crippen LogP contribution in [0.15, 0.2) is 24.3 Å². The number of hydrogen-bond acceptors (Lipinski definition) is 1. The zero-order valence-corrected chi connectivity index (χ0v) is 12.5. The Morgan fingerprint density at radius 3 is 2.37 bits per heavy atom. The van der Waals surface area contributed by atoms with Gasteiger partial charge < -0.3 is 0 Å². The van der Waals surface area contributed by atoms with Crippen molar-refractivity contribution in [1.29, 1.82) is 0 Å². The number of benzene rings is 1. The van der Waals surface area contributed by atoms with E-state index in [2.05, 4.69) is 45.0 Å². The van der Waals surface area contributed by atoms with E-state index in [1.165, 1.54) is 24.0 Å². The molecule has 1 nitrogen and oxygen atoms in total. The van der Waals surface area contributed by atoms with Crippen molar-refractivity contribution in [3.63, 3.8) is 0 Å². The minimum atomic E-state index is 0.205. The van der Waals surface area contributed by atoms with Gasteiger partial charge in [-0.25, -0.2) is 0 Å². The Balaban J connectivity index is 2.04. The van der Waals surface area contributed by atoms with Crippen LogP contribution in [-0.2, 0) is 16.6 Å². The van der Waals surface area contributed by atoms with E-state index in [-0.39, 0.29) is 11.3 Å². The Labute approximate surface area is 117 Å². The summed E-state index contributed by atoms with van der Waals surface area (Å²) in [5.74, 6) is 0.750. The molecule has 1 aliphatic rings. The highest BCUT2D eigenvalue weighted by molar-refractivity contribution is 5.81. The summed E-state index contributed by atoms with van der Waals surface area (Å²) in [7, 11) is 0. The van der Waals surface area contributed by atoms with Crippen molar-refractivity contribution in [3.8, 4) is 0 Å². The summed E-state index contributed by atoms with van der Waals surface area (Å²) in [5, 5.41) is 0. The van der Waals surface area contributed by atoms with E-state index >= 15 is 0 Å². The molecule has 0 saturated heterocycles. The zero-order chi connectivity index (χ0) is 13.9. The van der Waals surface area contributed by atoms with Gasteiger partial charge in [0.05, 0.1) is 0 Å². The molecule has 1 aromatic rings. The van der Waals surface area contributed by atoms with Crippen LogP contribution in [0.1, 0.15) is 64.0 Å². The first kappa shape index (κ1) is 14.3. The lowest BCUT2D eigenvalue weighted by atomic mass is 9.85. The molecule has 104 valence electrons. The summed E-state index contributed by atoms with van der Waals surface area (Å²) in [5.41, 5.74) is 2.88. The molecule has 0 aliphatic heterocycles. The second kappa shape index (κ2) is 5.90. The van der Waals surface area contributed by atoms with E-state index in [1.54, 1.807) is 0 Å². The summed E-state index contributed by atoms with van der Waals surface area (Å²) in [6.45, 7) is 6.70. The molecule has 0 heterocycles. The van der Waals surface area contributed by atoms with Gasteiger partial charge in [-0.1, -0.05) is 57.9 Å². The highest BCUT2D eigenvalue weighted by Crippen LogP contribution is 2.26. The second-order valence-corrected chi connectivity index (χ2v) is 6.91. The van der Waals surface area contributed by atoms with Gasteiger partial charge in [-0.15, -0.1) is 0 Å². The number of rotatable bonds is 2. The molecule has 0 radical (unpaired) electrons. The van der Waals surface area contributed by atoms with Gasteiger partial charge in [0.15, 0.2) is 0 Å². The number of carbonyl (C=O) groups excluding carboxylic acids is 1. The van der Waals surface area contributed by atoms with Gasteiger partial charge in [0, 0.05) is 12.3 Å². The lowest BCUT2D eigenvalue weighted by Gasteiger charge is -2.20. The minimum absolute atomic E-state index is 0.205. The average molecular weight is 258 g/mol. The quantitative estimate of drug-likeness (QED) is 0.704. The van der Waals surface area contributed by atoms with Crippen molar-refractivity contribution in [1.82, 2.24) is 0 Å². The molecule has 0 spiro atoms. The first-order valence-corrected chi connectivity index (χ1v) is 7.59. The van der Waals surface area contributed by atoms with Gasteiger partial charge in [-0.05, 0) is 35.8 Å². The van der Waals surface area contributed by atoms with Gasteiger partial charge in [0.2, 0.25) is 0 Å². The molecule has 0 bridgehead atoms. The molecule has 0 aromatic heterocycles. The minimum Gasteiger partial charge on any atom is -0.299 e. The van der Waals surface area contributed by atoms with Gasteiger partial charge in [0.25, 0.3) is 0 Å². The number of carbonyl (C=O) groups is 1. The molecule has 1 atom stereocenters. The molecule has 1 heteroatoms. The molecular formula is C18H26O. The van der Waals surface area contributed by atoms with E-state index < -0.39 is 0 Å². The predicted molar refractivity (Wildman–Crippen MR) is 80.4 cm³/mol. The summed E-state index contributed by atoms with van der Waals surface area (Å²) in [6.07, 6.45) is 6.35. The molecule has 2 rings (SSSR count). The maximum Gasteiger partial charge on any atom is 0.136 e. The Morgan fingerprint density at radius 1 is 1.05 bits per heavy atom. The fourth-order valence-corrected chi connectivity index (χ4v) is 2.87. The molecule has 19 heavy (non-hydrogen) atoms.